The lowest BCUT2D eigenvalue weighted by molar-refractivity contribution is -0.385. The number of halogens is 6. The zero-order chi connectivity index (χ0) is 86.0. The summed E-state index contributed by atoms with van der Waals surface area (Å²) in [6.07, 6.45) is -9.51. The van der Waals surface area contributed by atoms with E-state index in [0.29, 0.717) is 51.5 Å². The number of anilines is 12. The lowest BCUT2D eigenvalue weighted by atomic mass is 10.1. The van der Waals surface area contributed by atoms with Gasteiger partial charge in [-0.3, -0.25) is 10.1 Å². The first-order valence-electron chi connectivity index (χ1n) is 36.6. The summed E-state index contributed by atoms with van der Waals surface area (Å²) in [6.45, 7) is 16.6. The summed E-state index contributed by atoms with van der Waals surface area (Å²) in [5.41, 5.74) is 8.74. The van der Waals surface area contributed by atoms with Crippen LogP contribution < -0.4 is 36.1 Å². The Kier molecular flexibility index (Phi) is 31.2. The van der Waals surface area contributed by atoms with Gasteiger partial charge in [0.05, 0.1) is 44.1 Å². The average Bonchev–Trinajstić information content (AvgIpc) is 0.793. The minimum atomic E-state index is -4.92. The number of nitro groups is 1. The molecule has 0 unspecified atom stereocenters. The van der Waals surface area contributed by atoms with Crippen LogP contribution in [0.3, 0.4) is 0 Å². The molecule has 31 heteroatoms. The van der Waals surface area contributed by atoms with Crippen LogP contribution in [0, 0.1) is 106 Å². The second kappa shape index (κ2) is 41.2. The smallest absolute Gasteiger partial charge is 0.379 e. The third-order valence-electron chi connectivity index (χ3n) is 17.8. The molecule has 13 aromatic rings. The molecular formula is C92H85F6N19O5S. The fourth-order valence-corrected chi connectivity index (χ4v) is 13.1. The number of hydrogen-bond donors (Lipinski definition) is 6. The molecule has 0 atom stereocenters. The quantitative estimate of drug-likeness (QED) is 0.0121. The highest BCUT2D eigenvalue weighted by molar-refractivity contribution is 7.87. The molecule has 0 radical (unpaired) electrons. The molecule has 0 amide bonds. The van der Waals surface area contributed by atoms with Gasteiger partial charge in [-0.25, -0.2) is 15.0 Å². The number of para-hydroxylation sites is 1. The zero-order valence-electron chi connectivity index (χ0n) is 65.6. The lowest BCUT2D eigenvalue weighted by Gasteiger charge is -2.16. The number of aromatic nitrogens is 3. The van der Waals surface area contributed by atoms with Gasteiger partial charge in [0.2, 0.25) is 0 Å². The number of nitrogens with zero attached hydrogens (tertiary/aromatic N) is 13. The number of nitro benzene ring substituents is 1. The highest BCUT2D eigenvalue weighted by Gasteiger charge is 2.37. The maximum atomic E-state index is 13.7. The first-order chi connectivity index (χ1) is 57.3. The minimum Gasteiger partial charge on any atom is -0.379 e. The van der Waals surface area contributed by atoms with Crippen LogP contribution >= 0.6 is 0 Å². The van der Waals surface area contributed by atoms with Crippen molar-refractivity contribution in [2.24, 2.45) is 30.7 Å². The van der Waals surface area contributed by atoms with Crippen LogP contribution in [0.4, 0.5) is 135 Å². The van der Waals surface area contributed by atoms with Crippen molar-refractivity contribution in [2.75, 3.05) is 31.9 Å². The first-order valence-corrected chi connectivity index (χ1v) is 38.0. The second-order valence-corrected chi connectivity index (χ2v) is 28.7. The van der Waals surface area contributed by atoms with Crippen LogP contribution in [0.25, 0.3) is 0 Å². The van der Waals surface area contributed by atoms with Crippen molar-refractivity contribution in [3.63, 3.8) is 0 Å². The van der Waals surface area contributed by atoms with E-state index >= 15 is 0 Å². The number of nitrogens with one attached hydrogen (secondary N) is 6. The predicted molar refractivity (Wildman–Crippen MR) is 471 cm³/mol. The summed E-state index contributed by atoms with van der Waals surface area (Å²) in [4.78, 5) is 23.9. The first kappa shape index (κ1) is 93.0. The number of hydrogen-bond acceptors (Lipinski definition) is 23. The summed E-state index contributed by atoms with van der Waals surface area (Å²) in [7, 11) is -4.23. The number of azo groups is 3. The van der Waals surface area contributed by atoms with E-state index in [2.05, 4.69) is 90.8 Å². The largest absolute Gasteiger partial charge is 0.418 e. The number of aryl methyl sites for hydroxylation is 6. The molecule has 24 nitrogen and oxygen atoms in total. The summed E-state index contributed by atoms with van der Waals surface area (Å²) in [6, 6.07) is 73.3. The maximum Gasteiger partial charge on any atom is 0.418 e. The van der Waals surface area contributed by atoms with Crippen molar-refractivity contribution in [3.8, 4) is 24.0 Å². The molecule has 0 aliphatic heterocycles. The Bertz CT molecular complexity index is 6380. The van der Waals surface area contributed by atoms with Crippen LogP contribution in [0.1, 0.15) is 100 Å². The van der Waals surface area contributed by atoms with Gasteiger partial charge in [0.15, 0.2) is 34.9 Å². The van der Waals surface area contributed by atoms with Crippen molar-refractivity contribution in [3.05, 3.63) is 331 Å². The van der Waals surface area contributed by atoms with Crippen molar-refractivity contribution >= 4 is 119 Å². The molecule has 3 heterocycles. The number of alkyl halides is 6. The van der Waals surface area contributed by atoms with Crippen molar-refractivity contribution in [2.45, 2.75) is 102 Å². The van der Waals surface area contributed by atoms with Gasteiger partial charge in [-0.05, 0) is 211 Å². The SMILES string of the molecule is C.C.C.Cc1cccc(Nc2nc(Nc3cccc(C)c3)c(N=Nc3ccc([N+](=O)[O-])cc3C(F)(F)F)c(C)c2C#N)c1.Cc1cccc(Nc2nc(Nc3cccc(C)c3)c(N=Nc3ccccc3C(F)(F)F)c(C)c2C#N)c1.Cc1cccc(Nc2nc(Nc3cccc(C)c3)c(N=Nc3ccccc3S(=O)(=O)Oc3ccccc3)c(C)c2C#N)c1. The number of nitriles is 3. The van der Waals surface area contributed by atoms with Crippen LogP contribution in [0.15, 0.2) is 278 Å². The highest BCUT2D eigenvalue weighted by atomic mass is 32.2. The fraction of sp³-hybridized carbons (Fsp3) is 0.152. The highest BCUT2D eigenvalue weighted by Crippen LogP contribution is 2.45. The van der Waals surface area contributed by atoms with E-state index < -0.39 is 49.9 Å². The molecule has 626 valence electrons. The Balaban J connectivity index is 0.000000227. The Hall–Kier alpha value is -15.6. The van der Waals surface area contributed by atoms with E-state index in [-0.39, 0.29) is 101 Å². The van der Waals surface area contributed by atoms with Gasteiger partial charge >= 0.3 is 22.5 Å². The van der Waals surface area contributed by atoms with E-state index in [9.17, 15) is 60.7 Å². The maximum absolute atomic E-state index is 13.7. The van der Waals surface area contributed by atoms with Crippen LogP contribution in [-0.4, -0.2) is 28.3 Å². The van der Waals surface area contributed by atoms with Gasteiger partial charge in [0.1, 0.15) is 51.6 Å². The molecule has 0 spiro atoms. The summed E-state index contributed by atoms with van der Waals surface area (Å²) >= 11 is 0. The Morgan fingerprint density at radius 2 is 0.650 bits per heavy atom. The molecule has 0 aliphatic rings. The summed E-state index contributed by atoms with van der Waals surface area (Å²) in [5, 5.41) is 85.0. The number of rotatable bonds is 22. The Labute approximate surface area is 708 Å². The van der Waals surface area contributed by atoms with Gasteiger partial charge in [0.25, 0.3) is 5.69 Å². The molecule has 0 aliphatic carbocycles. The zero-order valence-corrected chi connectivity index (χ0v) is 66.4. The molecule has 6 N–H and O–H groups in total. The molecule has 123 heavy (non-hydrogen) atoms. The van der Waals surface area contributed by atoms with Crippen LogP contribution in [-0.2, 0) is 22.5 Å². The molecule has 0 bridgehead atoms. The topological polar surface area (TPSA) is 343 Å². The summed E-state index contributed by atoms with van der Waals surface area (Å²) < 4.78 is 113. The molecule has 10 aromatic carbocycles. The van der Waals surface area contributed by atoms with E-state index in [1.54, 1.807) is 75.4 Å². The van der Waals surface area contributed by atoms with Gasteiger partial charge in [-0.1, -0.05) is 138 Å². The second-order valence-electron chi connectivity index (χ2n) is 27.2. The molecule has 3 aromatic heterocycles. The molecule has 0 fully saturated rings. The number of pyridine rings is 3. The fourth-order valence-electron chi connectivity index (χ4n) is 12.0. The lowest BCUT2D eigenvalue weighted by Crippen LogP contribution is -2.09. The van der Waals surface area contributed by atoms with E-state index in [4.69, 9.17) is 9.17 Å². The summed E-state index contributed by atoms with van der Waals surface area (Å²) in [5.74, 6) is 1.73. The third kappa shape index (κ3) is 24.1. The molecule has 0 saturated heterocycles. The van der Waals surface area contributed by atoms with Gasteiger partial charge in [0, 0.05) is 62.9 Å². The van der Waals surface area contributed by atoms with Gasteiger partial charge in [-0.15, -0.1) is 30.7 Å². The van der Waals surface area contributed by atoms with Gasteiger partial charge in [-0.2, -0.15) is 50.5 Å². The average molecular weight is 1680 g/mol. The number of non-ortho nitro benzene ring substituents is 1. The van der Waals surface area contributed by atoms with E-state index in [1.165, 1.54) is 30.3 Å². The Morgan fingerprint density at radius 1 is 0.358 bits per heavy atom. The standard InChI is InChI=1S/C33H28N6O3S.C28H22F3N7O2.C28H23F3N6.3CH4/c1-22-11-9-13-25(19-22)35-32-28(21-34)24(3)31(33(37-32)36-26-14-10-12-23(2)20-26)39-38-29-17-7-8-18-30(29)43(40,41)42-27-15-5-4-6-16-27;1-16-6-4-8-19(12-16)33-26-22(15-32)18(3)25(27(35-26)34-20-9-5-7-17(2)13-20)37-36-24-11-10-21(38(39)40)14-23(24)28(29,30)31;1-17-8-6-10-20(14-17)33-26-22(16-32)19(3)25(27(35-26)34-21-11-7-9-18(2)15-21)37-36-24-13-5-4-12-23(24)28(29,30)31;;;/h4-20H,1-3H3,(H2,35,36,37);4-14H,1-3H3,(H2,33,34,35);4-15H,1-3H3,(H2,33,34,35);3*1H4. The molecule has 0 saturated carbocycles. The van der Waals surface area contributed by atoms with E-state index in [1.807, 2.05) is 175 Å². The van der Waals surface area contributed by atoms with Crippen LogP contribution in [0.2, 0.25) is 0 Å². The van der Waals surface area contributed by atoms with Crippen molar-refractivity contribution in [1.29, 1.82) is 15.8 Å². The van der Waals surface area contributed by atoms with Crippen molar-refractivity contribution < 1.29 is 43.9 Å². The normalized spacial score (nSPS) is 11.0. The molecule has 13 rings (SSSR count). The third-order valence-corrected chi connectivity index (χ3v) is 19.1. The predicted octanol–water partition coefficient (Wildman–Crippen LogP) is 28.0. The Morgan fingerprint density at radius 3 is 0.967 bits per heavy atom. The van der Waals surface area contributed by atoms with E-state index in [0.717, 1.165) is 68.6 Å². The van der Waals surface area contributed by atoms with Crippen LogP contribution in [0.5, 0.6) is 5.75 Å². The van der Waals surface area contributed by atoms with Crippen molar-refractivity contribution in [1.82, 2.24) is 15.0 Å². The monoisotopic (exact) mass is 1680 g/mol. The molecular weight excluding hydrogens is 1600 g/mol. The van der Waals surface area contributed by atoms with Gasteiger partial charge < -0.3 is 36.1 Å². The minimum absolute atomic E-state index is 0. The number of benzene rings is 10.